The number of allylic oxidation sites excluding steroid dienone is 1. The summed E-state index contributed by atoms with van der Waals surface area (Å²) in [4.78, 5) is -0.209. The van der Waals surface area contributed by atoms with Gasteiger partial charge >= 0.3 is 0 Å². The zero-order valence-corrected chi connectivity index (χ0v) is 10.3. The van der Waals surface area contributed by atoms with Gasteiger partial charge in [0, 0.05) is 6.26 Å². The molecule has 0 aromatic heterocycles. The molecule has 0 radical (unpaired) electrons. The normalized spacial score (nSPS) is 12.2. The first-order chi connectivity index (χ1) is 7.34. The molecule has 16 heavy (non-hydrogen) atoms. The summed E-state index contributed by atoms with van der Waals surface area (Å²) in [5.74, 6) is 0. The Hall–Kier alpha value is -1.60. The van der Waals surface area contributed by atoms with E-state index in [0.717, 1.165) is 22.9 Å². The minimum atomic E-state index is -3.44. The van der Waals surface area contributed by atoms with Gasteiger partial charge in [-0.15, -0.1) is 0 Å². The molecule has 3 nitrogen and oxygen atoms in total. The Morgan fingerprint density at radius 3 is 2.44 bits per heavy atom. The highest BCUT2D eigenvalue weighted by Crippen LogP contribution is 2.16. The van der Waals surface area contributed by atoms with Crippen LogP contribution in [0.2, 0.25) is 0 Å². The van der Waals surface area contributed by atoms with Crippen molar-refractivity contribution in [2.45, 2.75) is 13.8 Å². The van der Waals surface area contributed by atoms with Gasteiger partial charge < -0.3 is 0 Å². The predicted molar refractivity (Wildman–Crippen MR) is 64.3 cm³/mol. The van der Waals surface area contributed by atoms with Gasteiger partial charge in [0.15, 0.2) is 9.84 Å². The summed E-state index contributed by atoms with van der Waals surface area (Å²) in [6.07, 6.45) is 2.44. The highest BCUT2D eigenvalue weighted by molar-refractivity contribution is 7.95. The van der Waals surface area contributed by atoms with Crippen LogP contribution >= 0.6 is 0 Å². The Morgan fingerprint density at radius 2 is 2.00 bits per heavy atom. The molecule has 0 spiro atoms. The highest BCUT2D eigenvalue weighted by Gasteiger charge is 2.10. The number of nitrogens with zero attached hydrogens (tertiary/aromatic N) is 1. The fourth-order valence-electron chi connectivity index (χ4n) is 1.35. The highest BCUT2D eigenvalue weighted by atomic mass is 32.2. The van der Waals surface area contributed by atoms with Crippen molar-refractivity contribution in [3.05, 3.63) is 39.8 Å². The molecule has 1 aromatic carbocycles. The third-order valence-electron chi connectivity index (χ3n) is 2.22. The second kappa shape index (κ2) is 4.50. The lowest BCUT2D eigenvalue weighted by molar-refractivity contribution is 0.609. The Bertz CT molecular complexity index is 578. The molecule has 0 saturated carbocycles. The molecule has 0 aliphatic rings. The van der Waals surface area contributed by atoms with Gasteiger partial charge in [0.1, 0.15) is 11.0 Å². The first kappa shape index (κ1) is 12.5. The lowest BCUT2D eigenvalue weighted by Crippen LogP contribution is -1.98. The lowest BCUT2D eigenvalue weighted by atomic mass is 10.1. The van der Waals surface area contributed by atoms with Crippen LogP contribution in [0.1, 0.15) is 16.7 Å². The van der Waals surface area contributed by atoms with Crippen molar-refractivity contribution < 1.29 is 8.42 Å². The molecule has 1 aromatic rings. The molecule has 0 aliphatic carbocycles. The van der Waals surface area contributed by atoms with Gasteiger partial charge in [0.05, 0.1) is 0 Å². The molecule has 0 unspecified atom stereocenters. The summed E-state index contributed by atoms with van der Waals surface area (Å²) >= 11 is 0. The van der Waals surface area contributed by atoms with Gasteiger partial charge in [-0.25, -0.2) is 8.42 Å². The Labute approximate surface area is 95.9 Å². The van der Waals surface area contributed by atoms with Crippen LogP contribution < -0.4 is 0 Å². The molecular formula is C12H13NO2S. The lowest BCUT2D eigenvalue weighted by Gasteiger charge is -2.02. The molecule has 0 N–H and O–H groups in total. The van der Waals surface area contributed by atoms with E-state index < -0.39 is 9.84 Å². The molecule has 0 saturated heterocycles. The average Bonchev–Trinajstić information content (AvgIpc) is 2.14. The first-order valence-corrected chi connectivity index (χ1v) is 6.63. The third kappa shape index (κ3) is 2.94. The second-order valence-corrected chi connectivity index (χ2v) is 5.74. The van der Waals surface area contributed by atoms with E-state index in [4.69, 9.17) is 5.26 Å². The van der Waals surface area contributed by atoms with Gasteiger partial charge in [-0.1, -0.05) is 23.8 Å². The van der Waals surface area contributed by atoms with Gasteiger partial charge in [-0.3, -0.25) is 0 Å². The van der Waals surface area contributed by atoms with Crippen LogP contribution in [-0.4, -0.2) is 14.7 Å². The number of nitriles is 1. The summed E-state index contributed by atoms with van der Waals surface area (Å²) in [6, 6.07) is 7.35. The SMILES string of the molecule is Cc1ccc(/C=C(\C#N)S(C)(=O)=O)c(C)c1. The molecule has 0 heterocycles. The summed E-state index contributed by atoms with van der Waals surface area (Å²) in [5, 5.41) is 8.77. The average molecular weight is 235 g/mol. The molecule has 4 heteroatoms. The molecule has 0 atom stereocenters. The predicted octanol–water partition coefficient (Wildman–Crippen LogP) is 2.21. The van der Waals surface area contributed by atoms with E-state index in [9.17, 15) is 8.42 Å². The van der Waals surface area contributed by atoms with E-state index in [1.165, 1.54) is 6.08 Å². The number of rotatable bonds is 2. The maximum atomic E-state index is 11.3. The van der Waals surface area contributed by atoms with Crippen molar-refractivity contribution in [3.63, 3.8) is 0 Å². The quantitative estimate of drug-likeness (QED) is 0.738. The maximum Gasteiger partial charge on any atom is 0.185 e. The fourth-order valence-corrected chi connectivity index (χ4v) is 1.86. The Balaban J connectivity index is 3.32. The van der Waals surface area contributed by atoms with Crippen molar-refractivity contribution in [1.29, 1.82) is 5.26 Å². The summed E-state index contributed by atoms with van der Waals surface area (Å²) in [5.41, 5.74) is 2.82. The maximum absolute atomic E-state index is 11.3. The molecule has 0 aliphatic heterocycles. The van der Waals surface area contributed by atoms with E-state index in [1.54, 1.807) is 6.07 Å². The molecular weight excluding hydrogens is 222 g/mol. The van der Waals surface area contributed by atoms with Crippen molar-refractivity contribution >= 4 is 15.9 Å². The van der Waals surface area contributed by atoms with Crippen LogP contribution in [0.25, 0.3) is 6.08 Å². The number of aryl methyl sites for hydroxylation is 2. The van der Waals surface area contributed by atoms with Gasteiger partial charge in [-0.2, -0.15) is 5.26 Å². The number of benzene rings is 1. The second-order valence-electron chi connectivity index (χ2n) is 3.75. The van der Waals surface area contributed by atoms with E-state index in [1.807, 2.05) is 32.0 Å². The van der Waals surface area contributed by atoms with Crippen molar-refractivity contribution in [3.8, 4) is 6.07 Å². The van der Waals surface area contributed by atoms with E-state index in [2.05, 4.69) is 0 Å². The summed E-state index contributed by atoms with van der Waals surface area (Å²) in [7, 11) is -3.44. The van der Waals surface area contributed by atoms with Gasteiger partial charge in [0.25, 0.3) is 0 Å². The largest absolute Gasteiger partial charge is 0.223 e. The van der Waals surface area contributed by atoms with Crippen molar-refractivity contribution in [2.75, 3.05) is 6.26 Å². The monoisotopic (exact) mass is 235 g/mol. The molecule has 1 rings (SSSR count). The van der Waals surface area contributed by atoms with E-state index in [-0.39, 0.29) is 4.91 Å². The zero-order chi connectivity index (χ0) is 12.3. The Morgan fingerprint density at radius 1 is 1.38 bits per heavy atom. The van der Waals surface area contributed by atoms with Crippen LogP contribution in [0.15, 0.2) is 23.1 Å². The Kier molecular flexibility index (Phi) is 3.51. The molecule has 0 fully saturated rings. The standard InChI is InChI=1S/C12H13NO2S/c1-9-4-5-11(10(2)6-9)7-12(8-13)16(3,14)15/h4-7H,1-3H3/b12-7+. The van der Waals surface area contributed by atoms with Crippen LogP contribution in [0.5, 0.6) is 0 Å². The molecule has 84 valence electrons. The molecule has 0 amide bonds. The van der Waals surface area contributed by atoms with E-state index in [0.29, 0.717) is 0 Å². The number of sulfone groups is 1. The minimum Gasteiger partial charge on any atom is -0.223 e. The smallest absolute Gasteiger partial charge is 0.185 e. The van der Waals surface area contributed by atoms with Gasteiger partial charge in [-0.05, 0) is 31.1 Å². The van der Waals surface area contributed by atoms with E-state index >= 15 is 0 Å². The van der Waals surface area contributed by atoms with Crippen molar-refractivity contribution in [1.82, 2.24) is 0 Å². The topological polar surface area (TPSA) is 57.9 Å². The summed E-state index contributed by atoms with van der Waals surface area (Å²) in [6.45, 7) is 3.85. The molecule has 0 bridgehead atoms. The van der Waals surface area contributed by atoms with Crippen LogP contribution in [0.3, 0.4) is 0 Å². The van der Waals surface area contributed by atoms with Crippen LogP contribution in [-0.2, 0) is 9.84 Å². The van der Waals surface area contributed by atoms with Crippen LogP contribution in [0.4, 0.5) is 0 Å². The first-order valence-electron chi connectivity index (χ1n) is 4.73. The fraction of sp³-hybridized carbons (Fsp3) is 0.250. The number of hydrogen-bond donors (Lipinski definition) is 0. The summed E-state index contributed by atoms with van der Waals surface area (Å²) < 4.78 is 22.5. The minimum absolute atomic E-state index is 0.209. The number of hydrogen-bond acceptors (Lipinski definition) is 3. The van der Waals surface area contributed by atoms with Gasteiger partial charge in [0.2, 0.25) is 0 Å². The zero-order valence-electron chi connectivity index (χ0n) is 9.48. The van der Waals surface area contributed by atoms with Crippen molar-refractivity contribution in [2.24, 2.45) is 0 Å². The van der Waals surface area contributed by atoms with Crippen LogP contribution in [0, 0.1) is 25.2 Å². The third-order valence-corrected chi connectivity index (χ3v) is 3.23.